The van der Waals surface area contributed by atoms with Crippen molar-refractivity contribution in [1.29, 1.82) is 0 Å². The van der Waals surface area contributed by atoms with Crippen LogP contribution in [0.15, 0.2) is 4.99 Å². The van der Waals surface area contributed by atoms with E-state index in [9.17, 15) is 0 Å². The molecule has 2 nitrogen and oxygen atoms in total. The Balaban J connectivity index is 2.85. The van der Waals surface area contributed by atoms with Crippen LogP contribution in [-0.4, -0.2) is 17.4 Å². The standard InChI is InChI=1S/C11H22N2/c1-8-7-11(5,6)13-9(12-8)10(2,3)4/h9,13H,7H2,1-6H3. The lowest BCUT2D eigenvalue weighted by atomic mass is 9.86. The molecular weight excluding hydrogens is 160 g/mol. The molecule has 0 aliphatic carbocycles. The van der Waals surface area contributed by atoms with Gasteiger partial charge in [0.05, 0.1) is 0 Å². The zero-order valence-electron chi connectivity index (χ0n) is 9.73. The number of hydrogen-bond donors (Lipinski definition) is 1. The summed E-state index contributed by atoms with van der Waals surface area (Å²) in [5.41, 5.74) is 1.67. The second-order valence-electron chi connectivity index (χ2n) is 5.84. The Morgan fingerprint density at radius 1 is 1.38 bits per heavy atom. The number of aliphatic imine (C=N–C) groups is 1. The molecule has 0 spiro atoms. The van der Waals surface area contributed by atoms with E-state index >= 15 is 0 Å². The quantitative estimate of drug-likeness (QED) is 0.612. The van der Waals surface area contributed by atoms with E-state index < -0.39 is 0 Å². The summed E-state index contributed by atoms with van der Waals surface area (Å²) >= 11 is 0. The maximum Gasteiger partial charge on any atom is 0.105 e. The van der Waals surface area contributed by atoms with Gasteiger partial charge in [0.1, 0.15) is 6.17 Å². The van der Waals surface area contributed by atoms with Crippen LogP contribution in [0, 0.1) is 5.41 Å². The minimum atomic E-state index is 0.198. The lowest BCUT2D eigenvalue weighted by molar-refractivity contribution is 0.208. The van der Waals surface area contributed by atoms with E-state index in [0.29, 0.717) is 0 Å². The third-order valence-corrected chi connectivity index (χ3v) is 2.40. The fourth-order valence-corrected chi connectivity index (χ4v) is 1.77. The highest BCUT2D eigenvalue weighted by Crippen LogP contribution is 2.27. The molecule has 1 unspecified atom stereocenters. The van der Waals surface area contributed by atoms with Crippen molar-refractivity contribution < 1.29 is 0 Å². The summed E-state index contributed by atoms with van der Waals surface area (Å²) in [5.74, 6) is 0. The minimum absolute atomic E-state index is 0.198. The molecular formula is C11H22N2. The molecule has 0 saturated carbocycles. The third kappa shape index (κ3) is 2.80. The van der Waals surface area contributed by atoms with Crippen molar-refractivity contribution in [2.24, 2.45) is 10.4 Å². The number of hydrogen-bond acceptors (Lipinski definition) is 2. The topological polar surface area (TPSA) is 24.4 Å². The summed E-state index contributed by atoms with van der Waals surface area (Å²) in [6.07, 6.45) is 1.32. The maximum absolute atomic E-state index is 4.65. The molecule has 76 valence electrons. The van der Waals surface area contributed by atoms with Crippen molar-refractivity contribution in [2.45, 2.75) is 59.7 Å². The molecule has 0 aromatic rings. The molecule has 0 aromatic heterocycles. The molecule has 1 atom stereocenters. The van der Waals surface area contributed by atoms with Crippen molar-refractivity contribution in [3.63, 3.8) is 0 Å². The van der Waals surface area contributed by atoms with E-state index in [1.165, 1.54) is 5.71 Å². The van der Waals surface area contributed by atoms with Crippen LogP contribution in [0.4, 0.5) is 0 Å². The summed E-state index contributed by atoms with van der Waals surface area (Å²) in [4.78, 5) is 4.65. The van der Waals surface area contributed by atoms with Gasteiger partial charge in [0.15, 0.2) is 0 Å². The van der Waals surface area contributed by atoms with Crippen molar-refractivity contribution >= 4 is 5.71 Å². The Morgan fingerprint density at radius 2 is 1.92 bits per heavy atom. The first kappa shape index (κ1) is 10.7. The van der Waals surface area contributed by atoms with Crippen molar-refractivity contribution in [2.75, 3.05) is 0 Å². The van der Waals surface area contributed by atoms with Crippen LogP contribution in [-0.2, 0) is 0 Å². The molecule has 1 aliphatic rings. The monoisotopic (exact) mass is 182 g/mol. The van der Waals surface area contributed by atoms with E-state index in [-0.39, 0.29) is 17.1 Å². The van der Waals surface area contributed by atoms with E-state index in [2.05, 4.69) is 51.9 Å². The predicted molar refractivity (Wildman–Crippen MR) is 58.2 cm³/mol. The lowest BCUT2D eigenvalue weighted by Gasteiger charge is -2.40. The molecule has 1 aliphatic heterocycles. The van der Waals surface area contributed by atoms with E-state index in [4.69, 9.17) is 0 Å². The van der Waals surface area contributed by atoms with Gasteiger partial charge in [-0.05, 0) is 26.2 Å². The van der Waals surface area contributed by atoms with Crippen LogP contribution in [0.25, 0.3) is 0 Å². The first-order chi connectivity index (χ1) is 5.71. The highest BCUT2D eigenvalue weighted by molar-refractivity contribution is 5.83. The van der Waals surface area contributed by atoms with Crippen LogP contribution in [0.3, 0.4) is 0 Å². The van der Waals surface area contributed by atoms with Gasteiger partial charge in [0.25, 0.3) is 0 Å². The Kier molecular flexibility index (Phi) is 2.54. The van der Waals surface area contributed by atoms with Gasteiger partial charge in [-0.15, -0.1) is 0 Å². The van der Waals surface area contributed by atoms with Crippen LogP contribution in [0.1, 0.15) is 48.0 Å². The average molecular weight is 182 g/mol. The largest absolute Gasteiger partial charge is 0.290 e. The summed E-state index contributed by atoms with van der Waals surface area (Å²) in [5, 5.41) is 3.58. The van der Waals surface area contributed by atoms with Gasteiger partial charge in [0, 0.05) is 17.7 Å². The number of nitrogens with one attached hydrogen (secondary N) is 1. The fraction of sp³-hybridized carbons (Fsp3) is 0.909. The molecule has 0 aromatic carbocycles. The van der Waals surface area contributed by atoms with Gasteiger partial charge < -0.3 is 0 Å². The zero-order valence-corrected chi connectivity index (χ0v) is 9.73. The van der Waals surface area contributed by atoms with Crippen molar-refractivity contribution in [3.8, 4) is 0 Å². The number of nitrogens with zero attached hydrogens (tertiary/aromatic N) is 1. The first-order valence-corrected chi connectivity index (χ1v) is 5.02. The van der Waals surface area contributed by atoms with E-state index in [0.717, 1.165) is 6.42 Å². The Hall–Kier alpha value is -0.370. The van der Waals surface area contributed by atoms with Crippen LogP contribution >= 0.6 is 0 Å². The Bertz CT molecular complexity index is 221. The third-order valence-electron chi connectivity index (χ3n) is 2.40. The molecule has 0 fully saturated rings. The van der Waals surface area contributed by atoms with Gasteiger partial charge in [-0.1, -0.05) is 20.8 Å². The molecule has 1 heterocycles. The minimum Gasteiger partial charge on any atom is -0.290 e. The molecule has 0 radical (unpaired) electrons. The highest BCUT2D eigenvalue weighted by atomic mass is 15.2. The Labute approximate surface area is 81.8 Å². The van der Waals surface area contributed by atoms with Gasteiger partial charge >= 0.3 is 0 Å². The summed E-state index contributed by atoms with van der Waals surface area (Å²) < 4.78 is 0. The summed E-state index contributed by atoms with van der Waals surface area (Å²) in [6, 6.07) is 0. The summed E-state index contributed by atoms with van der Waals surface area (Å²) in [6.45, 7) is 13.3. The second kappa shape index (κ2) is 3.09. The molecule has 0 bridgehead atoms. The van der Waals surface area contributed by atoms with Gasteiger partial charge in [-0.3, -0.25) is 10.3 Å². The molecule has 1 N–H and O–H groups in total. The van der Waals surface area contributed by atoms with Crippen molar-refractivity contribution in [3.05, 3.63) is 0 Å². The SMILES string of the molecule is CC1=NC(C(C)(C)C)NC(C)(C)C1. The van der Waals surface area contributed by atoms with Crippen molar-refractivity contribution in [1.82, 2.24) is 5.32 Å². The second-order valence-corrected chi connectivity index (χ2v) is 5.84. The Morgan fingerprint density at radius 3 is 2.31 bits per heavy atom. The first-order valence-electron chi connectivity index (χ1n) is 5.02. The average Bonchev–Trinajstić information content (AvgIpc) is 1.79. The zero-order chi connectivity index (χ0) is 10.3. The van der Waals surface area contributed by atoms with Crippen LogP contribution in [0.5, 0.6) is 0 Å². The van der Waals surface area contributed by atoms with Gasteiger partial charge in [-0.2, -0.15) is 0 Å². The van der Waals surface area contributed by atoms with Crippen LogP contribution < -0.4 is 5.32 Å². The molecule has 2 heteroatoms. The molecule has 0 saturated heterocycles. The summed E-state index contributed by atoms with van der Waals surface area (Å²) in [7, 11) is 0. The smallest absolute Gasteiger partial charge is 0.105 e. The molecule has 1 rings (SSSR count). The van der Waals surface area contributed by atoms with Gasteiger partial charge in [-0.25, -0.2) is 0 Å². The molecule has 13 heavy (non-hydrogen) atoms. The lowest BCUT2D eigenvalue weighted by Crippen LogP contribution is -2.54. The fourth-order valence-electron chi connectivity index (χ4n) is 1.77. The van der Waals surface area contributed by atoms with E-state index in [1.54, 1.807) is 0 Å². The molecule has 0 amide bonds. The van der Waals surface area contributed by atoms with E-state index in [1.807, 2.05) is 0 Å². The normalized spacial score (nSPS) is 28.5. The predicted octanol–water partition coefficient (Wildman–Crippen LogP) is 2.59. The van der Waals surface area contributed by atoms with Gasteiger partial charge in [0.2, 0.25) is 0 Å². The highest BCUT2D eigenvalue weighted by Gasteiger charge is 2.33. The number of rotatable bonds is 0. The maximum atomic E-state index is 4.65. The van der Waals surface area contributed by atoms with Crippen LogP contribution in [0.2, 0.25) is 0 Å².